The van der Waals surface area contributed by atoms with Gasteiger partial charge in [-0.25, -0.2) is 0 Å². The third kappa shape index (κ3) is 2.97. The lowest BCUT2D eigenvalue weighted by atomic mass is 10.1. The fourth-order valence-electron chi connectivity index (χ4n) is 2.17. The van der Waals surface area contributed by atoms with E-state index >= 15 is 0 Å². The largest absolute Gasteiger partial charge is 0.508 e. The molecule has 2 N–H and O–H groups in total. The van der Waals surface area contributed by atoms with Gasteiger partial charge in [0.15, 0.2) is 0 Å². The normalized spacial score (nSPS) is 22.2. The van der Waals surface area contributed by atoms with Crippen molar-refractivity contribution in [3.63, 3.8) is 0 Å². The van der Waals surface area contributed by atoms with E-state index in [9.17, 15) is 5.11 Å². The summed E-state index contributed by atoms with van der Waals surface area (Å²) in [4.78, 5) is 2.47. The Labute approximate surface area is 97.1 Å². The van der Waals surface area contributed by atoms with Crippen molar-refractivity contribution in [3.05, 3.63) is 29.8 Å². The molecule has 1 saturated heterocycles. The van der Waals surface area contributed by atoms with E-state index in [0.717, 1.165) is 26.2 Å². The fourth-order valence-corrected chi connectivity index (χ4v) is 2.17. The minimum atomic E-state index is 0.343. The number of rotatable bonds is 3. The van der Waals surface area contributed by atoms with Gasteiger partial charge in [-0.1, -0.05) is 19.1 Å². The van der Waals surface area contributed by atoms with E-state index in [1.165, 1.54) is 12.0 Å². The lowest BCUT2D eigenvalue weighted by Crippen LogP contribution is -2.49. The Morgan fingerprint density at radius 2 is 2.12 bits per heavy atom. The molecule has 1 heterocycles. The van der Waals surface area contributed by atoms with Gasteiger partial charge in [0.25, 0.3) is 0 Å². The zero-order valence-electron chi connectivity index (χ0n) is 9.82. The lowest BCUT2D eigenvalue weighted by Gasteiger charge is -2.33. The molecule has 1 aliphatic heterocycles. The van der Waals surface area contributed by atoms with Gasteiger partial charge < -0.3 is 10.4 Å². The molecule has 16 heavy (non-hydrogen) atoms. The van der Waals surface area contributed by atoms with Crippen LogP contribution in [0, 0.1) is 0 Å². The summed E-state index contributed by atoms with van der Waals surface area (Å²) in [6.45, 7) is 6.52. The van der Waals surface area contributed by atoms with Crippen LogP contribution in [0.25, 0.3) is 0 Å². The highest BCUT2D eigenvalue weighted by Gasteiger charge is 2.17. The van der Waals surface area contributed by atoms with Gasteiger partial charge >= 0.3 is 0 Å². The van der Waals surface area contributed by atoms with Crippen LogP contribution < -0.4 is 5.32 Å². The summed E-state index contributed by atoms with van der Waals surface area (Å²) in [5.74, 6) is 0.343. The number of nitrogens with zero attached hydrogens (tertiary/aromatic N) is 1. The molecule has 0 aromatic heterocycles. The highest BCUT2D eigenvalue weighted by atomic mass is 16.3. The van der Waals surface area contributed by atoms with Gasteiger partial charge in [0, 0.05) is 32.2 Å². The molecule has 0 bridgehead atoms. The van der Waals surface area contributed by atoms with E-state index < -0.39 is 0 Å². The second kappa shape index (κ2) is 5.32. The third-order valence-corrected chi connectivity index (χ3v) is 3.17. The van der Waals surface area contributed by atoms with Gasteiger partial charge in [0.2, 0.25) is 0 Å². The number of phenolic OH excluding ortho intramolecular Hbond substituents is 1. The Morgan fingerprint density at radius 3 is 2.81 bits per heavy atom. The van der Waals surface area contributed by atoms with Crippen molar-refractivity contribution < 1.29 is 5.11 Å². The molecule has 3 nitrogen and oxygen atoms in total. The molecular formula is C13H20N2O. The van der Waals surface area contributed by atoms with Crippen molar-refractivity contribution in [2.45, 2.75) is 25.9 Å². The van der Waals surface area contributed by atoms with Crippen LogP contribution in [0.4, 0.5) is 0 Å². The standard InChI is InChI=1S/C13H20N2O/c1-2-12-10-15(8-7-14-12)9-11-3-5-13(16)6-4-11/h3-6,12,14,16H,2,7-10H2,1H3. The molecule has 0 amide bonds. The molecule has 1 aliphatic rings. The summed E-state index contributed by atoms with van der Waals surface area (Å²) >= 11 is 0. The van der Waals surface area contributed by atoms with Crippen molar-refractivity contribution in [1.82, 2.24) is 10.2 Å². The van der Waals surface area contributed by atoms with Gasteiger partial charge in [-0.05, 0) is 24.1 Å². The Balaban J connectivity index is 1.91. The Bertz CT molecular complexity index is 323. The van der Waals surface area contributed by atoms with Crippen LogP contribution in [-0.2, 0) is 6.54 Å². The molecular weight excluding hydrogens is 200 g/mol. The van der Waals surface area contributed by atoms with E-state index in [0.29, 0.717) is 11.8 Å². The van der Waals surface area contributed by atoms with Crippen LogP contribution in [0.5, 0.6) is 5.75 Å². The van der Waals surface area contributed by atoms with Gasteiger partial charge in [-0.2, -0.15) is 0 Å². The van der Waals surface area contributed by atoms with Crippen LogP contribution in [0.15, 0.2) is 24.3 Å². The van der Waals surface area contributed by atoms with E-state index in [1.807, 2.05) is 12.1 Å². The molecule has 1 atom stereocenters. The zero-order valence-corrected chi connectivity index (χ0v) is 9.82. The SMILES string of the molecule is CCC1CN(Cc2ccc(O)cc2)CCN1. The molecule has 1 fully saturated rings. The summed E-state index contributed by atoms with van der Waals surface area (Å²) in [5.41, 5.74) is 1.27. The van der Waals surface area contributed by atoms with E-state index in [-0.39, 0.29) is 0 Å². The van der Waals surface area contributed by atoms with Crippen LogP contribution in [0.3, 0.4) is 0 Å². The topological polar surface area (TPSA) is 35.5 Å². The second-order valence-electron chi connectivity index (χ2n) is 4.46. The van der Waals surface area contributed by atoms with Crippen molar-refractivity contribution in [3.8, 4) is 5.75 Å². The van der Waals surface area contributed by atoms with Crippen molar-refractivity contribution >= 4 is 0 Å². The molecule has 1 aromatic rings. The first-order valence-corrected chi connectivity index (χ1v) is 6.01. The predicted octanol–water partition coefficient (Wildman–Crippen LogP) is 1.58. The van der Waals surface area contributed by atoms with Crippen LogP contribution in [0.2, 0.25) is 0 Å². The maximum absolute atomic E-state index is 9.22. The Morgan fingerprint density at radius 1 is 1.38 bits per heavy atom. The molecule has 1 unspecified atom stereocenters. The summed E-state index contributed by atoms with van der Waals surface area (Å²) in [6.07, 6.45) is 1.19. The van der Waals surface area contributed by atoms with Crippen molar-refractivity contribution in [2.75, 3.05) is 19.6 Å². The van der Waals surface area contributed by atoms with Crippen molar-refractivity contribution in [1.29, 1.82) is 0 Å². The molecule has 0 aliphatic carbocycles. The summed E-state index contributed by atoms with van der Waals surface area (Å²) < 4.78 is 0. The van der Waals surface area contributed by atoms with Crippen LogP contribution in [-0.4, -0.2) is 35.7 Å². The maximum atomic E-state index is 9.22. The maximum Gasteiger partial charge on any atom is 0.115 e. The van der Waals surface area contributed by atoms with E-state index in [1.54, 1.807) is 12.1 Å². The van der Waals surface area contributed by atoms with Crippen molar-refractivity contribution in [2.24, 2.45) is 0 Å². The average molecular weight is 220 g/mol. The number of piperazine rings is 1. The monoisotopic (exact) mass is 220 g/mol. The van der Waals surface area contributed by atoms with Crippen LogP contribution >= 0.6 is 0 Å². The number of aromatic hydroxyl groups is 1. The zero-order chi connectivity index (χ0) is 11.4. The number of nitrogens with one attached hydrogen (secondary N) is 1. The average Bonchev–Trinajstić information content (AvgIpc) is 2.32. The smallest absolute Gasteiger partial charge is 0.115 e. The van der Waals surface area contributed by atoms with E-state index in [4.69, 9.17) is 0 Å². The highest BCUT2D eigenvalue weighted by molar-refractivity contribution is 5.25. The molecule has 2 rings (SSSR count). The third-order valence-electron chi connectivity index (χ3n) is 3.17. The molecule has 1 aromatic carbocycles. The van der Waals surface area contributed by atoms with Gasteiger partial charge in [0.1, 0.15) is 5.75 Å². The molecule has 0 radical (unpaired) electrons. The number of hydrogen-bond acceptors (Lipinski definition) is 3. The highest BCUT2D eigenvalue weighted by Crippen LogP contribution is 2.13. The van der Waals surface area contributed by atoms with Crippen LogP contribution in [0.1, 0.15) is 18.9 Å². The Hall–Kier alpha value is -1.06. The Kier molecular flexibility index (Phi) is 3.80. The molecule has 3 heteroatoms. The van der Waals surface area contributed by atoms with Gasteiger partial charge in [-0.3, -0.25) is 4.90 Å². The quantitative estimate of drug-likeness (QED) is 0.811. The fraction of sp³-hybridized carbons (Fsp3) is 0.538. The first kappa shape index (κ1) is 11.4. The van der Waals surface area contributed by atoms with Gasteiger partial charge in [0.05, 0.1) is 0 Å². The first-order valence-electron chi connectivity index (χ1n) is 6.01. The second-order valence-corrected chi connectivity index (χ2v) is 4.46. The first-order chi connectivity index (χ1) is 7.78. The number of benzene rings is 1. The van der Waals surface area contributed by atoms with Gasteiger partial charge in [-0.15, -0.1) is 0 Å². The summed E-state index contributed by atoms with van der Waals surface area (Å²) in [6, 6.07) is 8.14. The molecule has 0 saturated carbocycles. The minimum absolute atomic E-state index is 0.343. The molecule has 88 valence electrons. The molecule has 0 spiro atoms. The number of phenols is 1. The van der Waals surface area contributed by atoms with E-state index in [2.05, 4.69) is 17.1 Å². The minimum Gasteiger partial charge on any atom is -0.508 e. The summed E-state index contributed by atoms with van der Waals surface area (Å²) in [7, 11) is 0. The number of hydrogen-bond donors (Lipinski definition) is 2. The lowest BCUT2D eigenvalue weighted by molar-refractivity contribution is 0.190. The predicted molar refractivity (Wildman–Crippen MR) is 65.5 cm³/mol. The summed E-state index contributed by atoms with van der Waals surface area (Å²) in [5, 5.41) is 12.7.